The van der Waals surface area contributed by atoms with E-state index in [0.29, 0.717) is 13.0 Å². The second-order valence-corrected chi connectivity index (χ2v) is 5.81. The Balaban J connectivity index is 3.15. The second-order valence-electron chi connectivity index (χ2n) is 5.81. The molecule has 0 bridgehead atoms. The zero-order valence-corrected chi connectivity index (χ0v) is 14.0. The van der Waals surface area contributed by atoms with Crippen molar-refractivity contribution in [1.82, 2.24) is 0 Å². The molecule has 0 saturated carbocycles. The number of ether oxygens (including phenoxy) is 1. The van der Waals surface area contributed by atoms with Gasteiger partial charge in [-0.15, -0.1) is 12.3 Å². The molecule has 0 N–H and O–H groups in total. The second kappa shape index (κ2) is 17.1. The molecule has 0 aliphatic rings. The first-order valence-electron chi connectivity index (χ1n) is 8.90. The maximum absolute atomic E-state index is 11.5. The summed E-state index contributed by atoms with van der Waals surface area (Å²) >= 11 is 0. The summed E-state index contributed by atoms with van der Waals surface area (Å²) < 4.78 is 5.25. The Labute approximate surface area is 132 Å². The maximum Gasteiger partial charge on any atom is 0.305 e. The predicted molar refractivity (Wildman–Crippen MR) is 90.1 cm³/mol. The monoisotopic (exact) mass is 294 g/mol. The third kappa shape index (κ3) is 17.0. The van der Waals surface area contributed by atoms with Crippen LogP contribution >= 0.6 is 0 Å². The van der Waals surface area contributed by atoms with Gasteiger partial charge in [-0.25, -0.2) is 0 Å². The number of carbonyl (C=O) groups is 1. The molecule has 0 heterocycles. The van der Waals surface area contributed by atoms with Crippen LogP contribution in [0.3, 0.4) is 0 Å². The van der Waals surface area contributed by atoms with E-state index in [1.54, 1.807) is 0 Å². The lowest BCUT2D eigenvalue weighted by atomic mass is 10.1. The van der Waals surface area contributed by atoms with Crippen LogP contribution in [-0.2, 0) is 9.53 Å². The van der Waals surface area contributed by atoms with E-state index < -0.39 is 0 Å². The number of unbranched alkanes of at least 4 members (excludes halogenated alkanes) is 11. The van der Waals surface area contributed by atoms with Crippen molar-refractivity contribution in [2.45, 2.75) is 96.8 Å². The Morgan fingerprint density at radius 2 is 1.43 bits per heavy atom. The van der Waals surface area contributed by atoms with Crippen LogP contribution in [0.15, 0.2) is 0 Å². The minimum atomic E-state index is -0.0177. The summed E-state index contributed by atoms with van der Waals surface area (Å²) in [6.45, 7) is 2.83. The number of rotatable bonds is 15. The van der Waals surface area contributed by atoms with E-state index in [1.165, 1.54) is 51.4 Å². The van der Waals surface area contributed by atoms with E-state index in [4.69, 9.17) is 11.2 Å². The number of esters is 1. The zero-order chi connectivity index (χ0) is 15.6. The molecule has 0 atom stereocenters. The summed E-state index contributed by atoms with van der Waals surface area (Å²) in [6.07, 6.45) is 20.9. The molecule has 0 spiro atoms. The van der Waals surface area contributed by atoms with Gasteiger partial charge >= 0.3 is 5.97 Å². The molecule has 0 fully saturated rings. The SMILES string of the molecule is C#CCCCCCCCCC(=O)OCCCCCCCC. The van der Waals surface area contributed by atoms with Crippen LogP contribution in [0.5, 0.6) is 0 Å². The summed E-state index contributed by atoms with van der Waals surface area (Å²) in [4.78, 5) is 11.5. The van der Waals surface area contributed by atoms with Gasteiger partial charge in [-0.05, 0) is 19.3 Å². The fourth-order valence-corrected chi connectivity index (χ4v) is 2.34. The molecular weight excluding hydrogens is 260 g/mol. The molecule has 0 aromatic rings. The van der Waals surface area contributed by atoms with E-state index in [9.17, 15) is 4.79 Å². The highest BCUT2D eigenvalue weighted by Gasteiger charge is 2.02. The van der Waals surface area contributed by atoms with E-state index in [0.717, 1.165) is 32.1 Å². The highest BCUT2D eigenvalue weighted by Crippen LogP contribution is 2.09. The fraction of sp³-hybridized carbons (Fsp3) is 0.842. The van der Waals surface area contributed by atoms with Crippen molar-refractivity contribution in [2.24, 2.45) is 0 Å². The number of hydrogen-bond donors (Lipinski definition) is 0. The lowest BCUT2D eigenvalue weighted by Crippen LogP contribution is -2.05. The van der Waals surface area contributed by atoms with Gasteiger partial charge in [0.2, 0.25) is 0 Å². The lowest BCUT2D eigenvalue weighted by molar-refractivity contribution is -0.143. The normalized spacial score (nSPS) is 10.3. The molecule has 0 aromatic heterocycles. The van der Waals surface area contributed by atoms with Gasteiger partial charge in [-0.2, -0.15) is 0 Å². The lowest BCUT2D eigenvalue weighted by Gasteiger charge is -2.05. The van der Waals surface area contributed by atoms with E-state index in [1.807, 2.05) is 0 Å². The molecule has 0 unspecified atom stereocenters. The van der Waals surface area contributed by atoms with Crippen molar-refractivity contribution in [2.75, 3.05) is 6.61 Å². The van der Waals surface area contributed by atoms with Gasteiger partial charge in [-0.1, -0.05) is 64.7 Å². The van der Waals surface area contributed by atoms with E-state index in [2.05, 4.69) is 12.8 Å². The van der Waals surface area contributed by atoms with Crippen molar-refractivity contribution in [3.8, 4) is 12.3 Å². The Morgan fingerprint density at radius 1 is 0.857 bits per heavy atom. The first-order valence-corrected chi connectivity index (χ1v) is 8.90. The van der Waals surface area contributed by atoms with Crippen molar-refractivity contribution < 1.29 is 9.53 Å². The first-order chi connectivity index (χ1) is 10.3. The van der Waals surface area contributed by atoms with Gasteiger partial charge in [0.25, 0.3) is 0 Å². The van der Waals surface area contributed by atoms with E-state index >= 15 is 0 Å². The van der Waals surface area contributed by atoms with Gasteiger partial charge in [-0.3, -0.25) is 4.79 Å². The maximum atomic E-state index is 11.5. The molecule has 2 heteroatoms. The Bertz CT molecular complexity index is 265. The summed E-state index contributed by atoms with van der Waals surface area (Å²) in [6, 6.07) is 0. The summed E-state index contributed by atoms with van der Waals surface area (Å²) in [7, 11) is 0. The molecule has 0 amide bonds. The number of carbonyl (C=O) groups excluding carboxylic acids is 1. The quantitative estimate of drug-likeness (QED) is 0.222. The van der Waals surface area contributed by atoms with Gasteiger partial charge in [0.1, 0.15) is 0 Å². The summed E-state index contributed by atoms with van der Waals surface area (Å²) in [5.41, 5.74) is 0. The molecular formula is C19H34O2. The summed E-state index contributed by atoms with van der Waals surface area (Å²) in [5, 5.41) is 0. The molecule has 2 nitrogen and oxygen atoms in total. The molecule has 21 heavy (non-hydrogen) atoms. The Hall–Kier alpha value is -0.970. The van der Waals surface area contributed by atoms with Crippen LogP contribution in [-0.4, -0.2) is 12.6 Å². The van der Waals surface area contributed by atoms with Crippen LogP contribution in [0.1, 0.15) is 96.8 Å². The molecule has 0 radical (unpaired) electrons. The number of hydrogen-bond acceptors (Lipinski definition) is 2. The van der Waals surface area contributed by atoms with Gasteiger partial charge < -0.3 is 4.74 Å². The van der Waals surface area contributed by atoms with Crippen LogP contribution in [0.2, 0.25) is 0 Å². The Morgan fingerprint density at radius 3 is 2.10 bits per heavy atom. The van der Waals surface area contributed by atoms with Crippen LogP contribution in [0, 0.1) is 12.3 Å². The van der Waals surface area contributed by atoms with Crippen molar-refractivity contribution >= 4 is 5.97 Å². The van der Waals surface area contributed by atoms with E-state index in [-0.39, 0.29) is 5.97 Å². The fourth-order valence-electron chi connectivity index (χ4n) is 2.34. The third-order valence-electron chi connectivity index (χ3n) is 3.71. The van der Waals surface area contributed by atoms with Crippen molar-refractivity contribution in [1.29, 1.82) is 0 Å². The molecule has 122 valence electrons. The zero-order valence-electron chi connectivity index (χ0n) is 14.0. The topological polar surface area (TPSA) is 26.3 Å². The predicted octanol–water partition coefficient (Wildman–Crippen LogP) is 5.64. The van der Waals surface area contributed by atoms with Gasteiger partial charge in [0, 0.05) is 12.8 Å². The third-order valence-corrected chi connectivity index (χ3v) is 3.71. The largest absolute Gasteiger partial charge is 0.466 e. The molecule has 0 rings (SSSR count). The number of terminal acetylenes is 1. The van der Waals surface area contributed by atoms with Crippen LogP contribution in [0.4, 0.5) is 0 Å². The van der Waals surface area contributed by atoms with Gasteiger partial charge in [0.05, 0.1) is 6.61 Å². The molecule has 0 aromatic carbocycles. The standard InChI is InChI=1S/C19H34O2/c1-3-5-7-9-11-12-13-15-17-19(20)21-18-16-14-10-8-6-4-2/h1H,4-18H2,2H3. The summed E-state index contributed by atoms with van der Waals surface area (Å²) in [5.74, 6) is 2.64. The first kappa shape index (κ1) is 20.0. The Kier molecular flexibility index (Phi) is 16.3. The average Bonchev–Trinajstić information content (AvgIpc) is 2.49. The smallest absolute Gasteiger partial charge is 0.305 e. The van der Waals surface area contributed by atoms with Crippen molar-refractivity contribution in [3.05, 3.63) is 0 Å². The highest BCUT2D eigenvalue weighted by molar-refractivity contribution is 5.69. The van der Waals surface area contributed by atoms with Crippen LogP contribution < -0.4 is 0 Å². The highest BCUT2D eigenvalue weighted by atomic mass is 16.5. The average molecular weight is 294 g/mol. The molecule has 0 aliphatic carbocycles. The minimum absolute atomic E-state index is 0.0177. The van der Waals surface area contributed by atoms with Crippen LogP contribution in [0.25, 0.3) is 0 Å². The van der Waals surface area contributed by atoms with Gasteiger partial charge in [0.15, 0.2) is 0 Å². The molecule has 0 saturated heterocycles. The minimum Gasteiger partial charge on any atom is -0.466 e. The van der Waals surface area contributed by atoms with Crippen molar-refractivity contribution in [3.63, 3.8) is 0 Å². The molecule has 0 aliphatic heterocycles.